The maximum absolute atomic E-state index is 13.7. The number of anilines is 1. The average molecular weight is 528 g/mol. The molecule has 0 radical (unpaired) electrons. The number of amides is 2. The molecule has 2 aliphatic rings. The summed E-state index contributed by atoms with van der Waals surface area (Å²) in [5.41, 5.74) is 0.882. The summed E-state index contributed by atoms with van der Waals surface area (Å²) in [5, 5.41) is 2.76. The van der Waals surface area contributed by atoms with Crippen molar-refractivity contribution >= 4 is 63.6 Å². The number of piperazine rings is 1. The molecule has 0 spiro atoms. The number of pyridine rings is 1. The lowest BCUT2D eigenvalue weighted by Crippen LogP contribution is -2.57. The minimum absolute atomic E-state index is 0.126. The molecule has 2 aliphatic heterocycles. The van der Waals surface area contributed by atoms with Gasteiger partial charge >= 0.3 is 5.97 Å². The van der Waals surface area contributed by atoms with Gasteiger partial charge in [0.2, 0.25) is 5.91 Å². The Morgan fingerprint density at radius 3 is 2.89 bits per heavy atom. The number of carbonyl (C=O) groups is 3. The molecule has 188 valence electrons. The molecule has 36 heavy (non-hydrogen) atoms. The molecule has 10 nitrogen and oxygen atoms in total. The lowest BCUT2D eigenvalue weighted by Gasteiger charge is -2.36. The molecule has 1 unspecified atom stereocenters. The summed E-state index contributed by atoms with van der Waals surface area (Å²) in [6.45, 7) is 8.20. The molecule has 1 N–H and O–H groups in total. The van der Waals surface area contributed by atoms with Gasteiger partial charge in [0.15, 0.2) is 0 Å². The highest BCUT2D eigenvalue weighted by atomic mass is 32.2. The Morgan fingerprint density at radius 2 is 2.17 bits per heavy atom. The molecule has 0 saturated carbocycles. The molecule has 2 fully saturated rings. The fraction of sp³-hybridized carbons (Fsp3) is 0.333. The molecule has 2 aromatic heterocycles. The van der Waals surface area contributed by atoms with Crippen LogP contribution in [-0.4, -0.2) is 68.7 Å². The van der Waals surface area contributed by atoms with Gasteiger partial charge in [-0.05, 0) is 31.6 Å². The SMILES string of the molecule is C=CCN1C(=O)/C(=C/c2c(N3CCNC(=O)C3CC(=O)OCC)nc3c(C)cccn3c2=O)SC1=S. The van der Waals surface area contributed by atoms with E-state index in [1.807, 2.05) is 13.0 Å². The number of carbonyl (C=O) groups excluding carboxylic acids is 3. The van der Waals surface area contributed by atoms with Crippen molar-refractivity contribution in [2.45, 2.75) is 26.3 Å². The second-order valence-electron chi connectivity index (χ2n) is 8.13. The van der Waals surface area contributed by atoms with Crippen LogP contribution in [0.1, 0.15) is 24.5 Å². The molecule has 12 heteroatoms. The van der Waals surface area contributed by atoms with Crippen LogP contribution in [0.5, 0.6) is 0 Å². The van der Waals surface area contributed by atoms with Gasteiger partial charge in [0.1, 0.15) is 21.8 Å². The van der Waals surface area contributed by atoms with Gasteiger partial charge in [0.25, 0.3) is 11.5 Å². The van der Waals surface area contributed by atoms with Gasteiger partial charge in [0.05, 0.1) is 23.5 Å². The Kier molecular flexibility index (Phi) is 7.55. The van der Waals surface area contributed by atoms with Crippen LogP contribution in [0.2, 0.25) is 0 Å². The second kappa shape index (κ2) is 10.6. The molecule has 0 aliphatic carbocycles. The number of hydrogen-bond acceptors (Lipinski definition) is 9. The number of fused-ring (bicyclic) bond motifs is 1. The zero-order valence-electron chi connectivity index (χ0n) is 19.9. The van der Waals surface area contributed by atoms with Crippen LogP contribution in [0, 0.1) is 6.92 Å². The van der Waals surface area contributed by atoms with Crippen molar-refractivity contribution in [3.8, 4) is 0 Å². The minimum atomic E-state index is -0.932. The van der Waals surface area contributed by atoms with E-state index >= 15 is 0 Å². The summed E-state index contributed by atoms with van der Waals surface area (Å²) in [6, 6.07) is 2.62. The molecule has 2 aromatic rings. The number of esters is 1. The van der Waals surface area contributed by atoms with Gasteiger partial charge in [-0.2, -0.15) is 0 Å². The predicted molar refractivity (Wildman–Crippen MR) is 142 cm³/mol. The third kappa shape index (κ3) is 4.78. The highest BCUT2D eigenvalue weighted by molar-refractivity contribution is 8.26. The molecule has 4 heterocycles. The van der Waals surface area contributed by atoms with Gasteiger partial charge in [-0.1, -0.05) is 36.1 Å². The van der Waals surface area contributed by atoms with Crippen LogP contribution in [0.3, 0.4) is 0 Å². The van der Waals surface area contributed by atoms with Crippen LogP contribution >= 0.6 is 24.0 Å². The van der Waals surface area contributed by atoms with E-state index in [0.717, 1.165) is 17.3 Å². The summed E-state index contributed by atoms with van der Waals surface area (Å²) < 4.78 is 6.83. The quantitative estimate of drug-likeness (QED) is 0.249. The third-order valence-electron chi connectivity index (χ3n) is 5.79. The molecule has 4 rings (SSSR count). The van der Waals surface area contributed by atoms with Gasteiger partial charge in [0, 0.05) is 25.8 Å². The largest absolute Gasteiger partial charge is 0.466 e. The van der Waals surface area contributed by atoms with Crippen molar-refractivity contribution in [1.29, 1.82) is 0 Å². The smallest absolute Gasteiger partial charge is 0.308 e. The Labute approximate surface area is 217 Å². The van der Waals surface area contributed by atoms with Crippen LogP contribution in [0.25, 0.3) is 11.7 Å². The lowest BCUT2D eigenvalue weighted by atomic mass is 10.1. The molecular formula is C24H25N5O5S2. The van der Waals surface area contributed by atoms with Crippen LogP contribution in [-0.2, 0) is 19.1 Å². The Bertz CT molecular complexity index is 1370. The van der Waals surface area contributed by atoms with E-state index in [1.165, 1.54) is 15.4 Å². The number of nitrogens with zero attached hydrogens (tertiary/aromatic N) is 4. The average Bonchev–Trinajstić information content (AvgIpc) is 3.10. The van der Waals surface area contributed by atoms with E-state index in [9.17, 15) is 19.2 Å². The summed E-state index contributed by atoms with van der Waals surface area (Å²) in [7, 11) is 0. The highest BCUT2D eigenvalue weighted by Crippen LogP contribution is 2.34. The van der Waals surface area contributed by atoms with Crippen molar-refractivity contribution in [1.82, 2.24) is 19.6 Å². The fourth-order valence-corrected chi connectivity index (χ4v) is 5.37. The van der Waals surface area contributed by atoms with E-state index in [2.05, 4.69) is 11.9 Å². The number of rotatable bonds is 7. The van der Waals surface area contributed by atoms with Crippen molar-refractivity contribution in [3.63, 3.8) is 0 Å². The molecule has 2 saturated heterocycles. The molecule has 0 bridgehead atoms. The van der Waals surface area contributed by atoms with Gasteiger partial charge in [-0.25, -0.2) is 4.98 Å². The Hall–Kier alpha value is -3.51. The summed E-state index contributed by atoms with van der Waals surface area (Å²) in [4.78, 5) is 59.9. The minimum Gasteiger partial charge on any atom is -0.466 e. The van der Waals surface area contributed by atoms with E-state index in [1.54, 1.807) is 30.2 Å². The number of thiocarbonyl (C=S) groups is 1. The van der Waals surface area contributed by atoms with E-state index < -0.39 is 17.6 Å². The first-order valence-corrected chi connectivity index (χ1v) is 12.6. The Balaban J connectivity index is 1.90. The third-order valence-corrected chi connectivity index (χ3v) is 7.17. The molecule has 1 atom stereocenters. The van der Waals surface area contributed by atoms with Crippen LogP contribution < -0.4 is 15.8 Å². The maximum Gasteiger partial charge on any atom is 0.308 e. The standard InChI is InChI=1S/C24H25N5O5S2/c1-4-9-29-23(33)17(36-24(29)35)12-15-20(26-19-14(3)7-6-10-28(19)22(15)32)27-11-8-25-21(31)16(27)13-18(30)34-5-2/h4,6-7,10,12,16H,1,5,8-9,11,13H2,2-3H3,(H,25,31)/b17-12-. The Morgan fingerprint density at radius 1 is 1.39 bits per heavy atom. The number of aromatic nitrogens is 2. The number of hydrogen-bond donors (Lipinski definition) is 1. The van der Waals surface area contributed by atoms with Gasteiger partial charge in [-0.3, -0.25) is 28.5 Å². The first-order chi connectivity index (χ1) is 17.3. The number of thioether (sulfide) groups is 1. The van der Waals surface area contributed by atoms with E-state index in [0.29, 0.717) is 23.1 Å². The first kappa shape index (κ1) is 25.6. The number of ether oxygens (including phenoxy) is 1. The van der Waals surface area contributed by atoms with E-state index in [4.69, 9.17) is 21.9 Å². The summed E-state index contributed by atoms with van der Waals surface area (Å²) in [5.74, 6) is -1.04. The zero-order chi connectivity index (χ0) is 26.0. The van der Waals surface area contributed by atoms with Crippen LogP contribution in [0.4, 0.5) is 5.82 Å². The zero-order valence-corrected chi connectivity index (χ0v) is 21.5. The van der Waals surface area contributed by atoms with Crippen molar-refractivity contribution in [3.05, 3.63) is 57.4 Å². The number of aryl methyl sites for hydroxylation is 1. The fourth-order valence-electron chi connectivity index (χ4n) is 4.11. The lowest BCUT2D eigenvalue weighted by molar-refractivity contribution is -0.145. The molecular weight excluding hydrogens is 502 g/mol. The van der Waals surface area contributed by atoms with Gasteiger partial charge in [-0.15, -0.1) is 6.58 Å². The predicted octanol–water partition coefficient (Wildman–Crippen LogP) is 1.65. The normalized spacial score (nSPS) is 19.2. The first-order valence-electron chi connectivity index (χ1n) is 11.3. The highest BCUT2D eigenvalue weighted by Gasteiger charge is 2.36. The molecule has 0 aromatic carbocycles. The van der Waals surface area contributed by atoms with Crippen molar-refractivity contribution in [2.75, 3.05) is 31.1 Å². The topological polar surface area (TPSA) is 113 Å². The van der Waals surface area contributed by atoms with Gasteiger partial charge < -0.3 is 15.0 Å². The molecule has 2 amide bonds. The van der Waals surface area contributed by atoms with E-state index in [-0.39, 0.29) is 47.7 Å². The summed E-state index contributed by atoms with van der Waals surface area (Å²) in [6.07, 6.45) is 4.42. The maximum atomic E-state index is 13.7. The van der Waals surface area contributed by atoms with Crippen molar-refractivity contribution in [2.24, 2.45) is 0 Å². The number of nitrogens with one attached hydrogen (secondary N) is 1. The summed E-state index contributed by atoms with van der Waals surface area (Å²) >= 11 is 6.41. The van der Waals surface area contributed by atoms with Crippen molar-refractivity contribution < 1.29 is 19.1 Å². The second-order valence-corrected chi connectivity index (χ2v) is 9.81. The van der Waals surface area contributed by atoms with Crippen LogP contribution in [0.15, 0.2) is 40.7 Å². The monoisotopic (exact) mass is 527 g/mol.